The Morgan fingerprint density at radius 3 is 2.20 bits per heavy atom. The number of hydrogen-bond donors (Lipinski definition) is 0. The predicted molar refractivity (Wildman–Crippen MR) is 112 cm³/mol. The maximum atomic E-state index is 13.1. The fraction of sp³-hybridized carbons (Fsp3) is 0.0870. The molecule has 0 aliphatic carbocycles. The molecule has 0 saturated carbocycles. The molecule has 0 unspecified atom stereocenters. The summed E-state index contributed by atoms with van der Waals surface area (Å²) in [6, 6.07) is 24.6. The van der Waals surface area contributed by atoms with Gasteiger partial charge in [0.05, 0.1) is 17.6 Å². The maximum Gasteiger partial charge on any atom is 0.349 e. The van der Waals surface area contributed by atoms with Crippen LogP contribution in [0.3, 0.4) is 0 Å². The quantitative estimate of drug-likeness (QED) is 0.566. The highest BCUT2D eigenvalue weighted by molar-refractivity contribution is 7.89. The van der Waals surface area contributed by atoms with E-state index in [4.69, 9.17) is 9.47 Å². The Labute approximate surface area is 175 Å². The average molecular weight is 421 g/mol. The van der Waals surface area contributed by atoms with E-state index in [1.807, 2.05) is 36.4 Å². The third-order valence-corrected chi connectivity index (χ3v) is 6.27. The number of para-hydroxylation sites is 1. The van der Waals surface area contributed by atoms with Gasteiger partial charge < -0.3 is 9.47 Å². The van der Waals surface area contributed by atoms with Gasteiger partial charge in [-0.05, 0) is 29.8 Å². The summed E-state index contributed by atoms with van der Waals surface area (Å²) in [5.74, 6) is 0.0811. The molecule has 0 fully saturated rings. The van der Waals surface area contributed by atoms with Gasteiger partial charge in [0.1, 0.15) is 5.75 Å². The van der Waals surface area contributed by atoms with E-state index in [1.54, 1.807) is 42.5 Å². The summed E-state index contributed by atoms with van der Waals surface area (Å²) >= 11 is 0. The monoisotopic (exact) mass is 421 g/mol. The van der Waals surface area contributed by atoms with Crippen LogP contribution >= 0.6 is 0 Å². The van der Waals surface area contributed by atoms with Crippen molar-refractivity contribution < 1.29 is 22.7 Å². The van der Waals surface area contributed by atoms with Gasteiger partial charge in [0.2, 0.25) is 0 Å². The molecule has 7 heteroatoms. The largest absolute Gasteiger partial charge is 0.482 e. The highest BCUT2D eigenvalue weighted by Gasteiger charge is 2.32. The van der Waals surface area contributed by atoms with Crippen LogP contribution in [0.25, 0.3) is 5.76 Å². The summed E-state index contributed by atoms with van der Waals surface area (Å²) in [6.45, 7) is -0.173. The van der Waals surface area contributed by atoms with Crippen molar-refractivity contribution in [3.8, 4) is 5.75 Å². The fourth-order valence-corrected chi connectivity index (χ4v) is 4.58. The third-order valence-electron chi connectivity index (χ3n) is 4.51. The van der Waals surface area contributed by atoms with Gasteiger partial charge in [0.25, 0.3) is 10.0 Å². The summed E-state index contributed by atoms with van der Waals surface area (Å²) in [5, 5.41) is 0. The van der Waals surface area contributed by atoms with E-state index in [0.29, 0.717) is 11.3 Å². The Bertz CT molecular complexity index is 1170. The highest BCUT2D eigenvalue weighted by Crippen LogP contribution is 2.33. The van der Waals surface area contributed by atoms with Gasteiger partial charge in [-0.1, -0.05) is 60.7 Å². The number of nitrogens with zero attached hydrogens (tertiary/aromatic N) is 1. The van der Waals surface area contributed by atoms with Crippen LogP contribution in [0.5, 0.6) is 5.75 Å². The van der Waals surface area contributed by atoms with Crippen molar-refractivity contribution in [2.75, 3.05) is 6.61 Å². The first-order valence-corrected chi connectivity index (χ1v) is 10.7. The number of benzene rings is 3. The highest BCUT2D eigenvalue weighted by atomic mass is 32.2. The molecule has 1 aliphatic heterocycles. The number of esters is 1. The molecule has 0 radical (unpaired) electrons. The minimum atomic E-state index is -3.77. The van der Waals surface area contributed by atoms with Gasteiger partial charge in [0.15, 0.2) is 12.4 Å². The Hall–Kier alpha value is -3.58. The van der Waals surface area contributed by atoms with Crippen molar-refractivity contribution in [3.63, 3.8) is 0 Å². The van der Waals surface area contributed by atoms with Crippen molar-refractivity contribution in [2.24, 2.45) is 0 Å². The Morgan fingerprint density at radius 2 is 1.47 bits per heavy atom. The van der Waals surface area contributed by atoms with Gasteiger partial charge in [-0.15, -0.1) is 0 Å². The zero-order chi connectivity index (χ0) is 21.0. The normalized spacial score (nSPS) is 14.4. The second-order valence-electron chi connectivity index (χ2n) is 6.60. The zero-order valence-electron chi connectivity index (χ0n) is 16.0. The van der Waals surface area contributed by atoms with Crippen molar-refractivity contribution in [2.45, 2.75) is 11.4 Å². The van der Waals surface area contributed by atoms with E-state index in [0.717, 1.165) is 5.56 Å². The van der Waals surface area contributed by atoms with E-state index >= 15 is 0 Å². The molecule has 3 aromatic carbocycles. The maximum absolute atomic E-state index is 13.1. The van der Waals surface area contributed by atoms with Crippen LogP contribution in [0, 0.1) is 0 Å². The summed E-state index contributed by atoms with van der Waals surface area (Å²) in [4.78, 5) is 12.5. The SMILES string of the molecule is O=C(COc1ccccc1)OC1=CN(Cc2ccccc2)S(=O)(=O)c2ccccc21. The zero-order valence-corrected chi connectivity index (χ0v) is 16.8. The molecule has 0 bridgehead atoms. The predicted octanol–water partition coefficient (Wildman–Crippen LogP) is 3.81. The Morgan fingerprint density at radius 1 is 0.833 bits per heavy atom. The van der Waals surface area contributed by atoms with E-state index in [2.05, 4.69) is 0 Å². The van der Waals surface area contributed by atoms with Gasteiger partial charge in [-0.3, -0.25) is 4.31 Å². The van der Waals surface area contributed by atoms with Gasteiger partial charge in [0, 0.05) is 5.56 Å². The van der Waals surface area contributed by atoms with Crippen LogP contribution < -0.4 is 4.74 Å². The molecule has 1 heterocycles. The van der Waals surface area contributed by atoms with Crippen LogP contribution in [0.15, 0.2) is 96.0 Å². The third kappa shape index (κ3) is 4.21. The first kappa shape index (κ1) is 19.7. The molecule has 3 aromatic rings. The van der Waals surface area contributed by atoms with Gasteiger partial charge in [-0.2, -0.15) is 0 Å². The van der Waals surface area contributed by atoms with Gasteiger partial charge in [-0.25, -0.2) is 13.2 Å². The molecule has 152 valence electrons. The molecule has 0 N–H and O–H groups in total. The molecule has 30 heavy (non-hydrogen) atoms. The smallest absolute Gasteiger partial charge is 0.349 e. The number of hydrogen-bond acceptors (Lipinski definition) is 5. The molecule has 1 aliphatic rings. The first-order chi connectivity index (χ1) is 14.5. The molecule has 0 amide bonds. The lowest BCUT2D eigenvalue weighted by molar-refractivity contribution is -0.139. The molecule has 6 nitrogen and oxygen atoms in total. The molecule has 0 atom stereocenters. The van der Waals surface area contributed by atoms with Crippen molar-refractivity contribution in [3.05, 3.63) is 102 Å². The number of ether oxygens (including phenoxy) is 2. The van der Waals surface area contributed by atoms with Gasteiger partial charge >= 0.3 is 5.97 Å². The molecular weight excluding hydrogens is 402 g/mol. The molecule has 0 aromatic heterocycles. The van der Waals surface area contributed by atoms with Crippen LogP contribution in [0.2, 0.25) is 0 Å². The second-order valence-corrected chi connectivity index (χ2v) is 8.46. The lowest BCUT2D eigenvalue weighted by Gasteiger charge is -2.27. The minimum absolute atomic E-state index is 0.0928. The summed E-state index contributed by atoms with van der Waals surface area (Å²) in [6.07, 6.45) is 1.35. The fourth-order valence-electron chi connectivity index (χ4n) is 3.08. The van der Waals surface area contributed by atoms with E-state index in [1.165, 1.54) is 16.6 Å². The standard InChI is InChI=1S/C23H19NO5S/c25-23(17-28-19-11-5-2-6-12-19)29-21-16-24(15-18-9-3-1-4-10-18)30(26,27)22-14-8-7-13-20(21)22/h1-14,16H,15,17H2. The summed E-state index contributed by atoms with van der Waals surface area (Å²) in [5.41, 5.74) is 1.16. The number of fused-ring (bicyclic) bond motifs is 1. The van der Waals surface area contributed by atoms with Crippen LogP contribution in [0.1, 0.15) is 11.1 Å². The summed E-state index contributed by atoms with van der Waals surface area (Å²) < 4.78 is 38.2. The van der Waals surface area contributed by atoms with Crippen LogP contribution in [-0.4, -0.2) is 25.3 Å². The second kappa shape index (κ2) is 8.42. The number of carbonyl (C=O) groups excluding carboxylic acids is 1. The average Bonchev–Trinajstić information content (AvgIpc) is 2.77. The van der Waals surface area contributed by atoms with Crippen LogP contribution in [0.4, 0.5) is 0 Å². The van der Waals surface area contributed by atoms with E-state index in [9.17, 15) is 13.2 Å². The lowest BCUT2D eigenvalue weighted by atomic mass is 10.2. The number of sulfonamides is 1. The number of carbonyl (C=O) groups is 1. The number of rotatable bonds is 6. The van der Waals surface area contributed by atoms with Crippen molar-refractivity contribution in [1.29, 1.82) is 0 Å². The molecule has 0 spiro atoms. The van der Waals surface area contributed by atoms with Crippen molar-refractivity contribution >= 4 is 21.8 Å². The van der Waals surface area contributed by atoms with E-state index in [-0.39, 0.29) is 23.8 Å². The molecular formula is C23H19NO5S. The Kier molecular flexibility index (Phi) is 5.54. The topological polar surface area (TPSA) is 72.9 Å². The molecule has 0 saturated heterocycles. The van der Waals surface area contributed by atoms with E-state index < -0.39 is 16.0 Å². The van der Waals surface area contributed by atoms with Crippen molar-refractivity contribution in [1.82, 2.24) is 4.31 Å². The minimum Gasteiger partial charge on any atom is -0.482 e. The van der Waals surface area contributed by atoms with Crippen LogP contribution in [-0.2, 0) is 26.1 Å². The lowest BCUT2D eigenvalue weighted by Crippen LogP contribution is -2.30. The Balaban J connectivity index is 1.59. The summed E-state index contributed by atoms with van der Waals surface area (Å²) in [7, 11) is -3.77. The molecule has 4 rings (SSSR count). The first-order valence-electron chi connectivity index (χ1n) is 9.29.